The summed E-state index contributed by atoms with van der Waals surface area (Å²) in [5.74, 6) is 0.644. The largest absolute Gasteiger partial charge is 1.00 e. The van der Waals surface area contributed by atoms with Crippen molar-refractivity contribution in [2.45, 2.75) is 50.5 Å². The van der Waals surface area contributed by atoms with Gasteiger partial charge in [0.25, 0.3) is 10.0 Å². The maximum atomic E-state index is 12.5. The summed E-state index contributed by atoms with van der Waals surface area (Å²) < 4.78 is 62.3. The Labute approximate surface area is 446 Å². The second kappa shape index (κ2) is 30.3. The van der Waals surface area contributed by atoms with Crippen molar-refractivity contribution in [1.82, 2.24) is 12.9 Å². The van der Waals surface area contributed by atoms with Crippen LogP contribution >= 0.6 is 12.2 Å². The molecule has 8 aromatic rings. The molecule has 5 aromatic carbocycles. The predicted octanol–water partition coefficient (Wildman–Crippen LogP) is 3.30. The van der Waals surface area contributed by atoms with Gasteiger partial charge in [0.15, 0.2) is 18.0 Å². The van der Waals surface area contributed by atoms with Gasteiger partial charge >= 0.3 is 80.6 Å². The zero-order valence-corrected chi connectivity index (χ0v) is 43.0. The standard InChI is InChI=1S/C16H15NO3S.C14H11NO2S.C10H11NO.C4H9.C3H6O4S.K.Li.H2O/c18-11-10-14-12-13-6-4-5-9-16(13)17(14)21-20-19-15-7-2-1-3-8-15;16-18(17,13-7-2-1-3-8-13)15-11-10-12-6-4-5-9-14(12)15;12-6-5-9-7-8-3-1-2-4-10(8)11-9;1-3-4-2;1-3-2-6-8(4,5)7-3;;;/h1-9,12,18H,10-11H2;1-11H;1-4,7,11-12H,5-6H2;1,3-4H2,2H3;3H,2H2,1H3;;;1H2/q;;;-1;;2*+1;/p-1/t;;;;3-;;;/m....0.../s1. The summed E-state index contributed by atoms with van der Waals surface area (Å²) in [5.41, 5.74) is 4.95. The molecule has 1 aliphatic rings. The molecular weight excluding hydrogens is 925 g/mol. The first-order chi connectivity index (χ1) is 30.5. The molecule has 3 aromatic heterocycles. The smallest absolute Gasteiger partial charge is 0.870 e. The number of unbranched alkanes of at least 4 members (excludes halogenated alkanes) is 1. The molecule has 1 aliphatic heterocycles. The third-order valence-corrected chi connectivity index (χ3v) is 12.4. The SMILES string of the molecule is C[C@H]1COS(=O)(=O)O1.O=S(=O)(c1ccccc1)n1ccc2ccccc21.OCCc1cc2ccccc2[nH]1.OCCc1cc2ccccc2n1SOOc1ccccc1.[CH2-]CCC.[K+].[Li+].[OH-]. The van der Waals surface area contributed by atoms with Crippen LogP contribution in [0.1, 0.15) is 38.1 Å². The average molecular weight is 978 g/mol. The molecule has 0 radical (unpaired) electrons. The Kier molecular flexibility index (Phi) is 27.0. The monoisotopic (exact) mass is 977 g/mol. The van der Waals surface area contributed by atoms with E-state index in [9.17, 15) is 21.9 Å². The van der Waals surface area contributed by atoms with Crippen LogP contribution in [0, 0.1) is 6.92 Å². The van der Waals surface area contributed by atoms with Crippen LogP contribution in [0.25, 0.3) is 32.7 Å². The first-order valence-electron chi connectivity index (χ1n) is 20.2. The van der Waals surface area contributed by atoms with E-state index in [1.54, 1.807) is 55.6 Å². The van der Waals surface area contributed by atoms with E-state index >= 15 is 0 Å². The summed E-state index contributed by atoms with van der Waals surface area (Å²) in [6.45, 7) is 7.79. The van der Waals surface area contributed by atoms with Gasteiger partial charge < -0.3 is 32.5 Å². The molecule has 342 valence electrons. The second-order valence-corrected chi connectivity index (χ2v) is 17.5. The van der Waals surface area contributed by atoms with Crippen molar-refractivity contribution in [3.63, 3.8) is 0 Å². The van der Waals surface area contributed by atoms with E-state index in [2.05, 4.69) is 39.3 Å². The number of hydrogen-bond donors (Lipinski definition) is 3. The number of aromatic amines is 1. The molecule has 0 spiro atoms. The molecule has 0 bridgehead atoms. The molecule has 1 fully saturated rings. The molecule has 4 N–H and O–H groups in total. The van der Waals surface area contributed by atoms with Crippen LogP contribution in [0.2, 0.25) is 0 Å². The normalized spacial score (nSPS) is 13.4. The predicted molar refractivity (Wildman–Crippen MR) is 252 cm³/mol. The molecule has 0 saturated carbocycles. The summed E-state index contributed by atoms with van der Waals surface area (Å²) in [4.78, 5) is 8.78. The molecular formula is C47H53KLiN3O11S3. The summed E-state index contributed by atoms with van der Waals surface area (Å²) in [5, 5.41) is 21.1. The maximum absolute atomic E-state index is 12.5. The van der Waals surface area contributed by atoms with E-state index < -0.39 is 20.4 Å². The first-order valence-corrected chi connectivity index (χ1v) is 23.6. The van der Waals surface area contributed by atoms with E-state index in [4.69, 9.17) is 14.3 Å². The van der Waals surface area contributed by atoms with Crippen LogP contribution in [-0.2, 0) is 46.0 Å². The quantitative estimate of drug-likeness (QED) is 0.0563. The topological polar surface area (TPSA) is 201 Å². The van der Waals surface area contributed by atoms with Crippen molar-refractivity contribution in [3.05, 3.63) is 176 Å². The number of fused-ring (bicyclic) bond motifs is 3. The van der Waals surface area contributed by atoms with Crippen LogP contribution in [0.4, 0.5) is 0 Å². The minimum atomic E-state index is -3.60. The van der Waals surface area contributed by atoms with Crippen molar-refractivity contribution in [1.29, 1.82) is 0 Å². The van der Waals surface area contributed by atoms with Crippen molar-refractivity contribution in [2.24, 2.45) is 0 Å². The van der Waals surface area contributed by atoms with Gasteiger partial charge in [0.05, 0.1) is 22.5 Å². The third kappa shape index (κ3) is 17.7. The van der Waals surface area contributed by atoms with Crippen LogP contribution in [0.15, 0.2) is 163 Å². The fourth-order valence-electron chi connectivity index (χ4n) is 5.92. The summed E-state index contributed by atoms with van der Waals surface area (Å²) >= 11 is 1.10. The molecule has 19 heteroatoms. The van der Waals surface area contributed by atoms with Crippen molar-refractivity contribution in [2.75, 3.05) is 19.8 Å². The van der Waals surface area contributed by atoms with Crippen molar-refractivity contribution >= 4 is 65.4 Å². The van der Waals surface area contributed by atoms with Crippen molar-refractivity contribution < 1.29 is 120 Å². The molecule has 1 atom stereocenters. The minimum Gasteiger partial charge on any atom is -0.870 e. The van der Waals surface area contributed by atoms with Gasteiger partial charge in [-0.15, -0.1) is 0 Å². The van der Waals surface area contributed by atoms with Gasteiger partial charge in [0, 0.05) is 59.9 Å². The van der Waals surface area contributed by atoms with Gasteiger partial charge in [0.2, 0.25) is 0 Å². The fraction of sp³-hybridized carbons (Fsp3) is 0.213. The van der Waals surface area contributed by atoms with Gasteiger partial charge in [-0.2, -0.15) is 14.8 Å². The van der Waals surface area contributed by atoms with Gasteiger partial charge in [-0.25, -0.2) is 20.8 Å². The molecule has 4 heterocycles. The zero-order chi connectivity index (χ0) is 45.1. The fourth-order valence-corrected chi connectivity index (χ4v) is 8.82. The van der Waals surface area contributed by atoms with E-state index in [0.717, 1.165) is 51.8 Å². The van der Waals surface area contributed by atoms with Crippen LogP contribution < -0.4 is 75.1 Å². The number of aliphatic hydroxyl groups is 2. The Morgan fingerprint density at radius 3 is 1.91 bits per heavy atom. The summed E-state index contributed by atoms with van der Waals surface area (Å²) in [6.07, 6.45) is 4.82. The molecule has 14 nitrogen and oxygen atoms in total. The number of aliphatic hydroxyl groups excluding tert-OH is 2. The molecule has 1 saturated heterocycles. The molecule has 9 rings (SSSR count). The van der Waals surface area contributed by atoms with E-state index in [-0.39, 0.29) is 102 Å². The van der Waals surface area contributed by atoms with Crippen molar-refractivity contribution in [3.8, 4) is 5.75 Å². The number of para-hydroxylation sites is 4. The van der Waals surface area contributed by atoms with E-state index in [1.165, 1.54) is 15.8 Å². The van der Waals surface area contributed by atoms with Gasteiger partial charge in [-0.3, -0.25) is 3.97 Å². The number of benzene rings is 5. The Balaban J connectivity index is 0.000000303. The third-order valence-electron chi connectivity index (χ3n) is 9.00. The van der Waals surface area contributed by atoms with E-state index in [1.807, 2.05) is 101 Å². The Bertz CT molecular complexity index is 2790. The number of aromatic nitrogens is 3. The second-order valence-electron chi connectivity index (χ2n) is 13.8. The average Bonchev–Trinajstić information content (AvgIpc) is 4.09. The van der Waals surface area contributed by atoms with Gasteiger partial charge in [-0.1, -0.05) is 109 Å². The zero-order valence-electron chi connectivity index (χ0n) is 37.5. The number of H-pyrrole nitrogens is 1. The van der Waals surface area contributed by atoms with Crippen LogP contribution in [0.3, 0.4) is 0 Å². The molecule has 0 unspecified atom stereocenters. The van der Waals surface area contributed by atoms with Crippen LogP contribution in [0.5, 0.6) is 5.75 Å². The van der Waals surface area contributed by atoms with Gasteiger partial charge in [-0.05, 0) is 73.0 Å². The first kappa shape index (κ1) is 58.9. The summed E-state index contributed by atoms with van der Waals surface area (Å²) in [6, 6.07) is 47.2. The number of nitrogens with one attached hydrogen (secondary N) is 1. The minimum absolute atomic E-state index is 0. The number of rotatable bonds is 11. The molecule has 0 aliphatic carbocycles. The summed E-state index contributed by atoms with van der Waals surface area (Å²) in [7, 11) is -7.10. The van der Waals surface area contributed by atoms with E-state index in [0.29, 0.717) is 29.0 Å². The van der Waals surface area contributed by atoms with Gasteiger partial charge in [0.1, 0.15) is 6.10 Å². The molecule has 66 heavy (non-hydrogen) atoms. The Hall–Kier alpha value is -3.24. The van der Waals surface area contributed by atoms with Crippen LogP contribution in [-0.4, -0.2) is 71.4 Å². The maximum Gasteiger partial charge on any atom is 1.00 e. The molecule has 0 amide bonds. The Morgan fingerprint density at radius 2 is 1.35 bits per heavy atom. The number of hydrogen-bond acceptors (Lipinski definition) is 12. The number of nitrogens with zero attached hydrogens (tertiary/aromatic N) is 2. The Morgan fingerprint density at radius 1 is 0.788 bits per heavy atom.